The number of hydrogen-bond donors (Lipinski definition) is 2. The Kier molecular flexibility index (Phi) is 6.51. The van der Waals surface area contributed by atoms with Crippen molar-refractivity contribution in [3.8, 4) is 11.5 Å². The summed E-state index contributed by atoms with van der Waals surface area (Å²) in [6.45, 7) is 0. The van der Waals surface area contributed by atoms with Crippen molar-refractivity contribution >= 4 is 46.4 Å². The van der Waals surface area contributed by atoms with E-state index in [2.05, 4.69) is 10.6 Å². The number of para-hydroxylation sites is 2. The van der Waals surface area contributed by atoms with Crippen LogP contribution in [0.25, 0.3) is 0 Å². The molecule has 0 saturated carbocycles. The molecule has 1 aliphatic heterocycles. The topological polar surface area (TPSA) is 97.0 Å². The van der Waals surface area contributed by atoms with Gasteiger partial charge in [-0.2, -0.15) is 0 Å². The summed E-state index contributed by atoms with van der Waals surface area (Å²) < 4.78 is 10.4. The van der Waals surface area contributed by atoms with Crippen molar-refractivity contribution in [3.63, 3.8) is 0 Å². The minimum atomic E-state index is -0.632. The molecular weight excluding hydrogens is 458 g/mol. The van der Waals surface area contributed by atoms with E-state index in [1.807, 2.05) is 0 Å². The fraction of sp³-hybridized carbons (Fsp3) is 0.0800. The Labute approximate surface area is 200 Å². The van der Waals surface area contributed by atoms with Crippen molar-refractivity contribution in [2.45, 2.75) is 0 Å². The summed E-state index contributed by atoms with van der Waals surface area (Å²) in [5, 5.41) is 5.46. The van der Waals surface area contributed by atoms with Gasteiger partial charge in [0, 0.05) is 11.3 Å². The van der Waals surface area contributed by atoms with E-state index in [1.54, 1.807) is 72.8 Å². The first-order valence-corrected chi connectivity index (χ1v) is 10.5. The van der Waals surface area contributed by atoms with Gasteiger partial charge in [-0.1, -0.05) is 23.7 Å². The van der Waals surface area contributed by atoms with E-state index in [-0.39, 0.29) is 16.6 Å². The number of nitrogens with zero attached hydrogens (tertiary/aromatic N) is 1. The number of methoxy groups -OCH3 is 2. The molecule has 0 aliphatic carbocycles. The zero-order valence-corrected chi connectivity index (χ0v) is 19.1. The third-order valence-electron chi connectivity index (χ3n) is 5.13. The second-order valence-electron chi connectivity index (χ2n) is 7.19. The minimum absolute atomic E-state index is 0.0475. The molecule has 0 spiro atoms. The predicted octanol–water partition coefficient (Wildman–Crippen LogP) is 4.39. The summed E-state index contributed by atoms with van der Waals surface area (Å²) in [6.07, 6.45) is 0. The molecule has 0 fully saturated rings. The van der Waals surface area contributed by atoms with Crippen molar-refractivity contribution in [1.29, 1.82) is 0 Å². The number of amides is 3. The van der Waals surface area contributed by atoms with Crippen LogP contribution in [0.3, 0.4) is 0 Å². The third-order valence-corrected chi connectivity index (χ3v) is 5.48. The number of benzene rings is 3. The van der Waals surface area contributed by atoms with Gasteiger partial charge < -0.3 is 20.1 Å². The fourth-order valence-electron chi connectivity index (χ4n) is 3.37. The molecule has 1 aliphatic rings. The first kappa shape index (κ1) is 22.9. The van der Waals surface area contributed by atoms with Crippen LogP contribution in [-0.2, 0) is 9.59 Å². The van der Waals surface area contributed by atoms with Gasteiger partial charge in [0.1, 0.15) is 22.2 Å². The van der Waals surface area contributed by atoms with Crippen molar-refractivity contribution in [1.82, 2.24) is 0 Å². The summed E-state index contributed by atoms with van der Waals surface area (Å²) in [5.41, 5.74) is 1.75. The van der Waals surface area contributed by atoms with Gasteiger partial charge >= 0.3 is 0 Å². The number of nitrogens with one attached hydrogen (secondary N) is 2. The first-order chi connectivity index (χ1) is 16.4. The molecule has 0 unspecified atom stereocenters. The van der Waals surface area contributed by atoms with Crippen molar-refractivity contribution in [2.24, 2.45) is 0 Å². The largest absolute Gasteiger partial charge is 0.497 e. The lowest BCUT2D eigenvalue weighted by atomic mass is 10.1. The van der Waals surface area contributed by atoms with E-state index in [0.29, 0.717) is 34.1 Å². The molecule has 172 valence electrons. The molecule has 0 radical (unpaired) electrons. The van der Waals surface area contributed by atoms with Crippen molar-refractivity contribution in [3.05, 3.63) is 89.1 Å². The normalized spacial score (nSPS) is 13.2. The molecule has 3 aromatic rings. The molecule has 0 bridgehead atoms. The maximum atomic E-state index is 12.9. The van der Waals surface area contributed by atoms with Gasteiger partial charge in [0.2, 0.25) is 0 Å². The SMILES string of the molecule is COc1ccc(N2C(=O)C(Cl)=C(Nc3ccc(C(=O)Nc4ccccc4OC)cc3)C2=O)cc1. The summed E-state index contributed by atoms with van der Waals surface area (Å²) in [5.74, 6) is -0.409. The zero-order chi connectivity index (χ0) is 24.2. The van der Waals surface area contributed by atoms with Gasteiger partial charge in [-0.25, -0.2) is 4.90 Å². The minimum Gasteiger partial charge on any atom is -0.497 e. The van der Waals surface area contributed by atoms with Crippen LogP contribution in [0.2, 0.25) is 0 Å². The lowest BCUT2D eigenvalue weighted by Gasteiger charge is -2.15. The molecule has 3 aromatic carbocycles. The molecule has 8 nitrogen and oxygen atoms in total. The predicted molar refractivity (Wildman–Crippen MR) is 129 cm³/mol. The Morgan fingerprint density at radius 2 is 1.53 bits per heavy atom. The maximum Gasteiger partial charge on any atom is 0.283 e. The van der Waals surface area contributed by atoms with Gasteiger partial charge in [-0.15, -0.1) is 0 Å². The standard InChI is InChI=1S/C25H20ClN3O5/c1-33-18-13-11-17(12-14-18)29-24(31)21(26)22(25(29)32)27-16-9-7-15(8-10-16)23(30)28-19-5-3-4-6-20(19)34-2/h3-14,27H,1-2H3,(H,28,30). The number of anilines is 3. The van der Waals surface area contributed by atoms with Crippen LogP contribution in [0, 0.1) is 0 Å². The first-order valence-electron chi connectivity index (χ1n) is 10.2. The number of rotatable bonds is 7. The van der Waals surface area contributed by atoms with Crippen LogP contribution in [-0.4, -0.2) is 31.9 Å². The Morgan fingerprint density at radius 3 is 2.18 bits per heavy atom. The molecule has 0 saturated heterocycles. The van der Waals surface area contributed by atoms with E-state index < -0.39 is 11.8 Å². The van der Waals surface area contributed by atoms with Gasteiger partial charge in [0.25, 0.3) is 17.7 Å². The Bertz CT molecular complexity index is 1290. The summed E-state index contributed by atoms with van der Waals surface area (Å²) in [7, 11) is 3.05. The van der Waals surface area contributed by atoms with E-state index in [0.717, 1.165) is 4.90 Å². The van der Waals surface area contributed by atoms with E-state index >= 15 is 0 Å². The van der Waals surface area contributed by atoms with E-state index in [9.17, 15) is 14.4 Å². The van der Waals surface area contributed by atoms with Crippen LogP contribution in [0.4, 0.5) is 17.1 Å². The van der Waals surface area contributed by atoms with Crippen molar-refractivity contribution < 1.29 is 23.9 Å². The second-order valence-corrected chi connectivity index (χ2v) is 7.57. The summed E-state index contributed by atoms with van der Waals surface area (Å²) in [6, 6.07) is 19.9. The van der Waals surface area contributed by atoms with Gasteiger partial charge in [0.15, 0.2) is 0 Å². The van der Waals surface area contributed by atoms with Crippen LogP contribution < -0.4 is 25.0 Å². The zero-order valence-electron chi connectivity index (χ0n) is 18.3. The number of carbonyl (C=O) groups is 3. The molecular formula is C25H20ClN3O5. The molecule has 4 rings (SSSR count). The number of hydrogen-bond acceptors (Lipinski definition) is 6. The lowest BCUT2D eigenvalue weighted by Crippen LogP contribution is -2.32. The van der Waals surface area contributed by atoms with Gasteiger partial charge in [-0.05, 0) is 60.7 Å². The van der Waals surface area contributed by atoms with E-state index in [1.165, 1.54) is 14.2 Å². The number of halogens is 1. The highest BCUT2D eigenvalue weighted by Crippen LogP contribution is 2.31. The Hall–Kier alpha value is -4.30. The van der Waals surface area contributed by atoms with Crippen LogP contribution in [0.5, 0.6) is 11.5 Å². The summed E-state index contributed by atoms with van der Waals surface area (Å²) in [4.78, 5) is 39.1. The average Bonchev–Trinajstić information content (AvgIpc) is 3.07. The molecule has 0 atom stereocenters. The lowest BCUT2D eigenvalue weighted by molar-refractivity contribution is -0.120. The highest BCUT2D eigenvalue weighted by molar-refractivity contribution is 6.53. The summed E-state index contributed by atoms with van der Waals surface area (Å²) >= 11 is 6.18. The number of carbonyl (C=O) groups excluding carboxylic acids is 3. The van der Waals surface area contributed by atoms with Crippen LogP contribution >= 0.6 is 11.6 Å². The third kappa shape index (κ3) is 4.44. The Balaban J connectivity index is 1.47. The molecule has 0 aromatic heterocycles. The van der Waals surface area contributed by atoms with Gasteiger partial charge in [-0.3, -0.25) is 14.4 Å². The molecule has 9 heteroatoms. The quantitative estimate of drug-likeness (QED) is 0.490. The highest BCUT2D eigenvalue weighted by atomic mass is 35.5. The van der Waals surface area contributed by atoms with Crippen LogP contribution in [0.1, 0.15) is 10.4 Å². The van der Waals surface area contributed by atoms with Gasteiger partial charge in [0.05, 0.1) is 25.6 Å². The van der Waals surface area contributed by atoms with Crippen molar-refractivity contribution in [2.75, 3.05) is 29.8 Å². The second kappa shape index (κ2) is 9.68. The fourth-order valence-corrected chi connectivity index (χ4v) is 3.58. The van der Waals surface area contributed by atoms with E-state index in [4.69, 9.17) is 21.1 Å². The number of imide groups is 1. The van der Waals surface area contributed by atoms with Crippen LogP contribution in [0.15, 0.2) is 83.5 Å². The molecule has 3 amide bonds. The smallest absolute Gasteiger partial charge is 0.283 e. The molecule has 2 N–H and O–H groups in total. The number of ether oxygens (including phenoxy) is 2. The molecule has 34 heavy (non-hydrogen) atoms. The molecule has 1 heterocycles. The monoisotopic (exact) mass is 477 g/mol. The Morgan fingerprint density at radius 1 is 0.853 bits per heavy atom. The maximum absolute atomic E-state index is 12.9. The average molecular weight is 478 g/mol. The highest BCUT2D eigenvalue weighted by Gasteiger charge is 2.39.